The van der Waals surface area contributed by atoms with Crippen LogP contribution < -0.4 is 15.8 Å². The number of methoxy groups -OCH3 is 1. The van der Waals surface area contributed by atoms with Gasteiger partial charge in [0, 0.05) is 5.69 Å². The Morgan fingerprint density at radius 2 is 1.76 bits per heavy atom. The second-order valence-corrected chi connectivity index (χ2v) is 7.06. The first kappa shape index (κ1) is 23.2. The van der Waals surface area contributed by atoms with Crippen LogP contribution in [0.15, 0.2) is 72.8 Å². The summed E-state index contributed by atoms with van der Waals surface area (Å²) < 4.78 is 18.5. The maximum atomic E-state index is 13.1. The van der Waals surface area contributed by atoms with E-state index < -0.39 is 17.9 Å². The van der Waals surface area contributed by atoms with E-state index in [0.717, 1.165) is 0 Å². The van der Waals surface area contributed by atoms with Crippen molar-refractivity contribution in [2.75, 3.05) is 12.8 Å². The van der Waals surface area contributed by atoms with Crippen molar-refractivity contribution < 1.29 is 23.8 Å². The predicted molar refractivity (Wildman–Crippen MR) is 124 cm³/mol. The van der Waals surface area contributed by atoms with E-state index in [2.05, 4.69) is 5.32 Å². The number of ether oxygens (including phenoxy) is 1. The monoisotopic (exact) mass is 447 g/mol. The van der Waals surface area contributed by atoms with Crippen molar-refractivity contribution in [1.82, 2.24) is 5.32 Å². The van der Waals surface area contributed by atoms with Crippen molar-refractivity contribution >= 4 is 29.4 Å². The number of carbonyl (C=O) groups excluding carboxylic acids is 1. The average molecular weight is 447 g/mol. The quantitative estimate of drug-likeness (QED) is 0.306. The van der Waals surface area contributed by atoms with E-state index in [1.165, 1.54) is 37.5 Å². The van der Waals surface area contributed by atoms with Gasteiger partial charge < -0.3 is 26.3 Å². The number of nitrogens with one attached hydrogen (secondary N) is 2. The number of carbonyl (C=O) groups is 2. The Kier molecular flexibility index (Phi) is 7.20. The summed E-state index contributed by atoms with van der Waals surface area (Å²) in [5.74, 6) is -2.25. The molecule has 0 aromatic heterocycles. The molecule has 0 aliphatic rings. The molecule has 0 fully saturated rings. The van der Waals surface area contributed by atoms with E-state index in [1.54, 1.807) is 48.5 Å². The summed E-state index contributed by atoms with van der Waals surface area (Å²) in [4.78, 5) is 24.7. The normalized spacial score (nSPS) is 11.7. The maximum absolute atomic E-state index is 13.1. The molecule has 0 spiro atoms. The summed E-state index contributed by atoms with van der Waals surface area (Å²) in [6.07, 6.45) is 3.05. The Morgan fingerprint density at radius 1 is 1.09 bits per heavy atom. The van der Waals surface area contributed by atoms with Gasteiger partial charge in [0.25, 0.3) is 5.91 Å². The van der Waals surface area contributed by atoms with Crippen LogP contribution in [0.3, 0.4) is 0 Å². The molecular weight excluding hydrogens is 425 g/mol. The van der Waals surface area contributed by atoms with Crippen LogP contribution in [0.4, 0.5) is 10.1 Å². The van der Waals surface area contributed by atoms with Gasteiger partial charge in [-0.3, -0.25) is 4.79 Å². The summed E-state index contributed by atoms with van der Waals surface area (Å²) in [6.45, 7) is 0. The Balaban J connectivity index is 1.93. The highest BCUT2D eigenvalue weighted by atomic mass is 19.1. The minimum absolute atomic E-state index is 0.0313. The van der Waals surface area contributed by atoms with Crippen molar-refractivity contribution in [2.24, 2.45) is 0 Å². The number of anilines is 1. The van der Waals surface area contributed by atoms with Crippen LogP contribution in [0.1, 0.15) is 33.1 Å². The zero-order valence-corrected chi connectivity index (χ0v) is 17.7. The molecule has 0 aliphatic heterocycles. The number of hydrogen-bond acceptors (Lipinski definition) is 5. The Morgan fingerprint density at radius 3 is 2.36 bits per heavy atom. The molecule has 1 atom stereocenters. The zero-order valence-electron chi connectivity index (χ0n) is 17.7. The Bertz CT molecular complexity index is 1210. The number of benzene rings is 3. The average Bonchev–Trinajstić information content (AvgIpc) is 2.81. The minimum atomic E-state index is -1.28. The summed E-state index contributed by atoms with van der Waals surface area (Å²) in [5, 5.41) is 20.5. The molecule has 0 unspecified atom stereocenters. The molecule has 0 aliphatic carbocycles. The largest absolute Gasteiger partial charge is 0.495 e. The van der Waals surface area contributed by atoms with Crippen LogP contribution in [0.5, 0.6) is 5.75 Å². The highest BCUT2D eigenvalue weighted by molar-refractivity contribution is 6.16. The van der Waals surface area contributed by atoms with Crippen LogP contribution in [0.2, 0.25) is 0 Å². The highest BCUT2D eigenvalue weighted by Gasteiger charge is 2.26. The molecule has 33 heavy (non-hydrogen) atoms. The second-order valence-electron chi connectivity index (χ2n) is 7.06. The number of carboxylic acid groups (broad SMARTS) is 1. The van der Waals surface area contributed by atoms with Crippen molar-refractivity contribution in [3.8, 4) is 5.75 Å². The van der Waals surface area contributed by atoms with Gasteiger partial charge >= 0.3 is 5.97 Å². The molecule has 8 heteroatoms. The summed E-state index contributed by atoms with van der Waals surface area (Å²) in [7, 11) is 1.33. The van der Waals surface area contributed by atoms with Gasteiger partial charge in [0.2, 0.25) is 0 Å². The van der Waals surface area contributed by atoms with Gasteiger partial charge in [-0.2, -0.15) is 0 Å². The number of nitrogen functional groups attached to an aromatic ring is 1. The summed E-state index contributed by atoms with van der Waals surface area (Å²) in [6, 6.07) is 15.6. The van der Waals surface area contributed by atoms with Gasteiger partial charge in [0.05, 0.1) is 23.9 Å². The molecule has 0 saturated heterocycles. The van der Waals surface area contributed by atoms with Gasteiger partial charge in [-0.15, -0.1) is 0 Å². The van der Waals surface area contributed by atoms with Crippen molar-refractivity contribution in [3.63, 3.8) is 0 Å². The van der Waals surface area contributed by atoms with Crippen LogP contribution >= 0.6 is 0 Å². The molecule has 0 radical (unpaired) electrons. The number of amides is 1. The molecule has 5 N–H and O–H groups in total. The van der Waals surface area contributed by atoms with Crippen LogP contribution in [-0.4, -0.2) is 29.8 Å². The molecule has 3 rings (SSSR count). The van der Waals surface area contributed by atoms with Gasteiger partial charge in [-0.25, -0.2) is 9.18 Å². The van der Waals surface area contributed by atoms with Crippen LogP contribution in [0.25, 0.3) is 6.08 Å². The van der Waals surface area contributed by atoms with Crippen molar-refractivity contribution in [3.05, 3.63) is 101 Å². The van der Waals surface area contributed by atoms with E-state index in [-0.39, 0.29) is 34.1 Å². The Hall–Kier alpha value is -4.46. The first-order chi connectivity index (χ1) is 15.8. The van der Waals surface area contributed by atoms with E-state index in [9.17, 15) is 19.1 Å². The number of aliphatic carboxylic acids is 1. The smallest absolute Gasteiger partial charge is 0.330 e. The number of rotatable bonds is 8. The van der Waals surface area contributed by atoms with Gasteiger partial charge in [-0.1, -0.05) is 48.5 Å². The van der Waals surface area contributed by atoms with E-state index >= 15 is 0 Å². The molecule has 7 nitrogen and oxygen atoms in total. The molecule has 0 bridgehead atoms. The van der Waals surface area contributed by atoms with E-state index in [4.69, 9.17) is 15.9 Å². The molecule has 168 valence electrons. The van der Waals surface area contributed by atoms with Crippen LogP contribution in [-0.2, 0) is 4.79 Å². The zero-order chi connectivity index (χ0) is 24.0. The number of carboxylic acids is 1. The SMILES string of the molecule is COc1c(C(=O)N[C@H](C(=O)O)c2ccccc2)ccc(N)c1C(=N)/C=C/c1ccc(F)cc1. The summed E-state index contributed by atoms with van der Waals surface area (Å²) in [5.41, 5.74) is 7.51. The first-order valence-electron chi connectivity index (χ1n) is 9.89. The molecule has 3 aromatic carbocycles. The fourth-order valence-corrected chi connectivity index (χ4v) is 3.25. The third-order valence-electron chi connectivity index (χ3n) is 4.88. The van der Waals surface area contributed by atoms with Gasteiger partial charge in [0.15, 0.2) is 6.04 Å². The van der Waals surface area contributed by atoms with Crippen molar-refractivity contribution in [1.29, 1.82) is 5.41 Å². The van der Waals surface area contributed by atoms with Gasteiger partial charge in [-0.05, 0) is 41.5 Å². The predicted octanol–water partition coefficient (Wildman–Crippen LogP) is 4.05. The van der Waals surface area contributed by atoms with Crippen molar-refractivity contribution in [2.45, 2.75) is 6.04 Å². The van der Waals surface area contributed by atoms with Crippen LogP contribution in [0, 0.1) is 11.2 Å². The third-order valence-corrected chi connectivity index (χ3v) is 4.88. The molecule has 0 saturated carbocycles. The fraction of sp³-hybridized carbons (Fsp3) is 0.0800. The maximum Gasteiger partial charge on any atom is 0.330 e. The molecule has 3 aromatic rings. The second kappa shape index (κ2) is 10.2. The number of hydrogen-bond donors (Lipinski definition) is 4. The number of halogens is 1. The highest BCUT2D eigenvalue weighted by Crippen LogP contribution is 2.30. The topological polar surface area (TPSA) is 126 Å². The lowest BCUT2D eigenvalue weighted by Gasteiger charge is -2.18. The lowest BCUT2D eigenvalue weighted by atomic mass is 10.00. The fourth-order valence-electron chi connectivity index (χ4n) is 3.25. The standard InChI is InChI=1S/C25H22FN3O4/c1-33-23-18(24(30)29-22(25(31)32)16-5-3-2-4-6-16)12-14-20(28)21(23)19(27)13-9-15-7-10-17(26)11-8-15/h2-14,22,27H,28H2,1H3,(H,29,30)(H,31,32)/b13-9+,27-19?/t22-/m0/s1. The number of allylic oxidation sites excluding steroid dienone is 1. The summed E-state index contributed by atoms with van der Waals surface area (Å²) >= 11 is 0. The lowest BCUT2D eigenvalue weighted by Crippen LogP contribution is -2.34. The third kappa shape index (κ3) is 5.43. The Labute approximate surface area is 189 Å². The molecule has 1 amide bonds. The minimum Gasteiger partial charge on any atom is -0.495 e. The molecular formula is C25H22FN3O4. The van der Waals surface area contributed by atoms with E-state index in [1.807, 2.05) is 0 Å². The molecule has 0 heterocycles. The first-order valence-corrected chi connectivity index (χ1v) is 9.89. The van der Waals surface area contributed by atoms with E-state index in [0.29, 0.717) is 11.1 Å². The van der Waals surface area contributed by atoms with Gasteiger partial charge in [0.1, 0.15) is 11.6 Å². The number of nitrogens with two attached hydrogens (primary N) is 1. The lowest BCUT2D eigenvalue weighted by molar-refractivity contribution is -0.139.